The number of pyridine rings is 2. The Morgan fingerprint density at radius 1 is 1.06 bits per heavy atom. The number of hydrogen-bond donors (Lipinski definition) is 0. The Hall–Kier alpha value is -2.44. The van der Waals surface area contributed by atoms with Gasteiger partial charge in [0.1, 0.15) is 11.5 Å². The summed E-state index contributed by atoms with van der Waals surface area (Å²) in [4.78, 5) is 17.0. The van der Waals surface area contributed by atoms with E-state index in [1.807, 2.05) is 6.20 Å². The van der Waals surface area contributed by atoms with Gasteiger partial charge in [-0.1, -0.05) is 12.1 Å². The third-order valence-electron chi connectivity index (χ3n) is 7.23. The van der Waals surface area contributed by atoms with E-state index in [1.54, 1.807) is 0 Å². The zero-order valence-corrected chi connectivity index (χ0v) is 19.0. The van der Waals surface area contributed by atoms with Crippen LogP contribution < -0.4 is 4.90 Å². The molecule has 0 spiro atoms. The van der Waals surface area contributed by atoms with E-state index in [0.29, 0.717) is 12.1 Å². The van der Waals surface area contributed by atoms with Gasteiger partial charge in [-0.15, -0.1) is 0 Å². The number of aryl methyl sites for hydroxylation is 1. The summed E-state index contributed by atoms with van der Waals surface area (Å²) in [5, 5.41) is 0. The second kappa shape index (κ2) is 8.60. The van der Waals surface area contributed by atoms with Gasteiger partial charge in [0, 0.05) is 32.0 Å². The summed E-state index contributed by atoms with van der Waals surface area (Å²) in [7, 11) is 6.67. The molecule has 0 amide bonds. The molecular weight excluding hydrogens is 384 g/mol. The van der Waals surface area contributed by atoms with Crippen molar-refractivity contribution in [3.05, 3.63) is 59.7 Å². The monoisotopic (exact) mass is 418 g/mol. The molecule has 1 aliphatic carbocycles. The number of likely N-dealkylation sites (tertiary alicyclic amines) is 1. The van der Waals surface area contributed by atoms with E-state index in [2.05, 4.69) is 76.8 Å². The molecule has 0 aromatic carbocycles. The largest absolute Gasteiger partial charge is 0.358 e. The van der Waals surface area contributed by atoms with E-state index in [4.69, 9.17) is 9.97 Å². The molecule has 31 heavy (non-hydrogen) atoms. The quantitative estimate of drug-likeness (QED) is 0.631. The molecule has 164 valence electrons. The predicted octanol–water partition coefficient (Wildman–Crippen LogP) is 3.77. The van der Waals surface area contributed by atoms with Crippen molar-refractivity contribution < 1.29 is 0 Å². The van der Waals surface area contributed by atoms with Crippen molar-refractivity contribution in [2.45, 2.75) is 50.7 Å². The molecule has 4 heterocycles. The van der Waals surface area contributed by atoms with Crippen LogP contribution in [0.2, 0.25) is 0 Å². The van der Waals surface area contributed by atoms with Gasteiger partial charge < -0.3 is 9.80 Å². The van der Waals surface area contributed by atoms with E-state index in [9.17, 15) is 0 Å². The van der Waals surface area contributed by atoms with E-state index in [-0.39, 0.29) is 0 Å². The summed E-state index contributed by atoms with van der Waals surface area (Å²) in [6.07, 6.45) is 10.1. The van der Waals surface area contributed by atoms with E-state index >= 15 is 0 Å². The van der Waals surface area contributed by atoms with Gasteiger partial charge in [-0.25, -0.2) is 4.98 Å². The Morgan fingerprint density at radius 3 is 2.74 bits per heavy atom. The lowest BCUT2D eigenvalue weighted by Crippen LogP contribution is -2.42. The van der Waals surface area contributed by atoms with Crippen LogP contribution in [0.1, 0.15) is 48.7 Å². The number of piperidine rings is 1. The first-order valence-corrected chi connectivity index (χ1v) is 11.6. The molecule has 0 bridgehead atoms. The van der Waals surface area contributed by atoms with Gasteiger partial charge in [0.2, 0.25) is 0 Å². The molecule has 0 saturated carbocycles. The standard InChI is InChI=1S/C25H34N6/c1-28-15-12-21(13-16-28)30(3)24-11-5-10-23-27-20(18-31(23)24)17-29(2)22-9-4-7-19-8-6-14-26-25(19)22/h5-6,8,10-11,14,18,21-22H,4,7,9,12-13,15-17H2,1-3H3. The summed E-state index contributed by atoms with van der Waals surface area (Å²) in [6, 6.07) is 11.7. The summed E-state index contributed by atoms with van der Waals surface area (Å²) in [5.74, 6) is 1.23. The van der Waals surface area contributed by atoms with Gasteiger partial charge in [0.25, 0.3) is 0 Å². The Kier molecular flexibility index (Phi) is 5.67. The van der Waals surface area contributed by atoms with Crippen LogP contribution in [0.5, 0.6) is 0 Å². The average molecular weight is 419 g/mol. The van der Waals surface area contributed by atoms with Crippen LogP contribution in [-0.4, -0.2) is 64.4 Å². The van der Waals surface area contributed by atoms with Crippen LogP contribution in [0.3, 0.4) is 0 Å². The molecular formula is C25H34N6. The van der Waals surface area contributed by atoms with Crippen LogP contribution in [-0.2, 0) is 13.0 Å². The maximum absolute atomic E-state index is 4.97. The zero-order valence-electron chi connectivity index (χ0n) is 19.0. The van der Waals surface area contributed by atoms with Gasteiger partial charge in [-0.05, 0) is 83.1 Å². The maximum Gasteiger partial charge on any atom is 0.138 e. The fourth-order valence-corrected chi connectivity index (χ4v) is 5.36. The number of imidazole rings is 1. The SMILES string of the molecule is CN1CCC(N(C)c2cccc3nc(CN(C)C4CCCc5cccnc54)cn23)CC1. The summed E-state index contributed by atoms with van der Waals surface area (Å²) in [5.41, 5.74) is 4.81. The molecule has 6 heteroatoms. The third-order valence-corrected chi connectivity index (χ3v) is 7.23. The normalized spacial score (nSPS) is 20.3. The number of anilines is 1. The fourth-order valence-electron chi connectivity index (χ4n) is 5.36. The molecule has 2 aliphatic rings. The third kappa shape index (κ3) is 4.06. The predicted molar refractivity (Wildman–Crippen MR) is 125 cm³/mol. The number of hydrogen-bond acceptors (Lipinski definition) is 5. The van der Waals surface area contributed by atoms with Crippen molar-refractivity contribution in [3.63, 3.8) is 0 Å². The number of nitrogens with zero attached hydrogens (tertiary/aromatic N) is 6. The minimum Gasteiger partial charge on any atom is -0.358 e. The number of rotatable bonds is 5. The van der Waals surface area contributed by atoms with Crippen LogP contribution >= 0.6 is 0 Å². The van der Waals surface area contributed by atoms with E-state index < -0.39 is 0 Å². The molecule has 1 aliphatic heterocycles. The Balaban J connectivity index is 1.37. The topological polar surface area (TPSA) is 39.9 Å². The maximum atomic E-state index is 4.97. The summed E-state index contributed by atoms with van der Waals surface area (Å²) < 4.78 is 2.27. The first-order chi connectivity index (χ1) is 15.1. The van der Waals surface area contributed by atoms with Crippen LogP contribution in [0.4, 0.5) is 5.82 Å². The van der Waals surface area contributed by atoms with Gasteiger partial charge in [-0.2, -0.15) is 0 Å². The number of fused-ring (bicyclic) bond motifs is 2. The minimum absolute atomic E-state index is 0.371. The molecule has 0 radical (unpaired) electrons. The van der Waals surface area contributed by atoms with Crippen molar-refractivity contribution in [2.75, 3.05) is 39.1 Å². The molecule has 1 saturated heterocycles. The lowest BCUT2D eigenvalue weighted by atomic mass is 9.91. The molecule has 1 atom stereocenters. The highest BCUT2D eigenvalue weighted by molar-refractivity contribution is 5.52. The molecule has 6 nitrogen and oxygen atoms in total. The molecule has 3 aromatic rings. The van der Waals surface area contributed by atoms with Gasteiger partial charge in [-0.3, -0.25) is 14.3 Å². The van der Waals surface area contributed by atoms with Crippen molar-refractivity contribution in [1.82, 2.24) is 24.2 Å². The molecule has 0 N–H and O–H groups in total. The second-order valence-corrected chi connectivity index (χ2v) is 9.36. The fraction of sp³-hybridized carbons (Fsp3) is 0.520. The highest BCUT2D eigenvalue weighted by atomic mass is 15.3. The first kappa shape index (κ1) is 20.5. The molecule has 5 rings (SSSR count). The highest BCUT2D eigenvalue weighted by Crippen LogP contribution is 2.33. The van der Waals surface area contributed by atoms with Crippen molar-refractivity contribution in [1.29, 1.82) is 0 Å². The van der Waals surface area contributed by atoms with Gasteiger partial charge >= 0.3 is 0 Å². The number of aromatic nitrogens is 3. The zero-order chi connectivity index (χ0) is 21.4. The average Bonchev–Trinajstić information content (AvgIpc) is 3.21. The van der Waals surface area contributed by atoms with E-state index in [1.165, 1.54) is 49.4 Å². The Bertz CT molecular complexity index is 1040. The minimum atomic E-state index is 0.371. The molecule has 3 aromatic heterocycles. The second-order valence-electron chi connectivity index (χ2n) is 9.36. The Labute approximate surface area is 185 Å². The molecule has 1 fully saturated rings. The van der Waals surface area contributed by atoms with Crippen LogP contribution in [0.15, 0.2) is 42.7 Å². The smallest absolute Gasteiger partial charge is 0.138 e. The van der Waals surface area contributed by atoms with Gasteiger partial charge in [0.15, 0.2) is 0 Å². The van der Waals surface area contributed by atoms with Crippen LogP contribution in [0.25, 0.3) is 5.65 Å². The summed E-state index contributed by atoms with van der Waals surface area (Å²) in [6.45, 7) is 3.17. The van der Waals surface area contributed by atoms with Crippen molar-refractivity contribution in [2.24, 2.45) is 0 Å². The van der Waals surface area contributed by atoms with Gasteiger partial charge in [0.05, 0.1) is 17.4 Å². The molecule has 1 unspecified atom stereocenters. The van der Waals surface area contributed by atoms with E-state index in [0.717, 1.165) is 30.7 Å². The van der Waals surface area contributed by atoms with Crippen LogP contribution in [0, 0.1) is 0 Å². The van der Waals surface area contributed by atoms with Crippen molar-refractivity contribution in [3.8, 4) is 0 Å². The first-order valence-electron chi connectivity index (χ1n) is 11.6. The Morgan fingerprint density at radius 2 is 1.90 bits per heavy atom. The summed E-state index contributed by atoms with van der Waals surface area (Å²) >= 11 is 0. The van der Waals surface area contributed by atoms with Crippen molar-refractivity contribution >= 4 is 11.5 Å². The lowest BCUT2D eigenvalue weighted by Gasteiger charge is -2.36. The highest BCUT2D eigenvalue weighted by Gasteiger charge is 2.26. The lowest BCUT2D eigenvalue weighted by molar-refractivity contribution is 0.206.